The Morgan fingerprint density at radius 1 is 0.684 bits per heavy atom. The van der Waals surface area contributed by atoms with E-state index < -0.39 is 0 Å². The standard InChI is InChI=1S/C19H24/c1-4-19(5-2,6-3)18-15-11-10-14-17(18)16-12-8-7-9-13-16/h7-15H,4-6H2,1-3H3. The highest BCUT2D eigenvalue weighted by atomic mass is 14.3. The number of hydrogen-bond acceptors (Lipinski definition) is 0. The fraction of sp³-hybridized carbons (Fsp3) is 0.368. The molecule has 0 nitrogen and oxygen atoms in total. The maximum atomic E-state index is 2.32. The van der Waals surface area contributed by atoms with Gasteiger partial charge in [-0.05, 0) is 41.4 Å². The van der Waals surface area contributed by atoms with Gasteiger partial charge in [-0.3, -0.25) is 0 Å². The molecule has 2 aromatic carbocycles. The highest BCUT2D eigenvalue weighted by Gasteiger charge is 2.28. The summed E-state index contributed by atoms with van der Waals surface area (Å²) in [5.41, 5.74) is 4.55. The maximum absolute atomic E-state index is 2.32. The first kappa shape index (κ1) is 13.9. The summed E-state index contributed by atoms with van der Waals surface area (Å²) in [4.78, 5) is 0. The van der Waals surface area contributed by atoms with Crippen molar-refractivity contribution < 1.29 is 0 Å². The van der Waals surface area contributed by atoms with Gasteiger partial charge >= 0.3 is 0 Å². The molecule has 2 rings (SSSR count). The lowest BCUT2D eigenvalue weighted by molar-refractivity contribution is 0.383. The van der Waals surface area contributed by atoms with Crippen molar-refractivity contribution in [1.29, 1.82) is 0 Å². The van der Waals surface area contributed by atoms with E-state index in [4.69, 9.17) is 0 Å². The predicted molar refractivity (Wildman–Crippen MR) is 84.4 cm³/mol. The minimum absolute atomic E-state index is 0.312. The van der Waals surface area contributed by atoms with E-state index in [1.807, 2.05) is 0 Å². The summed E-state index contributed by atoms with van der Waals surface area (Å²) in [6, 6.07) is 19.7. The highest BCUT2D eigenvalue weighted by molar-refractivity contribution is 5.68. The third-order valence-electron chi connectivity index (χ3n) is 4.61. The van der Waals surface area contributed by atoms with Crippen molar-refractivity contribution in [2.75, 3.05) is 0 Å². The first-order valence-electron chi connectivity index (χ1n) is 7.42. The predicted octanol–water partition coefficient (Wildman–Crippen LogP) is 5.82. The topological polar surface area (TPSA) is 0 Å². The van der Waals surface area contributed by atoms with Crippen LogP contribution in [0.5, 0.6) is 0 Å². The number of rotatable bonds is 5. The normalized spacial score (nSPS) is 11.5. The van der Waals surface area contributed by atoms with Crippen molar-refractivity contribution >= 4 is 0 Å². The summed E-state index contributed by atoms with van der Waals surface area (Å²) >= 11 is 0. The Morgan fingerprint density at radius 3 is 1.79 bits per heavy atom. The second-order valence-corrected chi connectivity index (χ2v) is 5.25. The Kier molecular flexibility index (Phi) is 4.42. The van der Waals surface area contributed by atoms with E-state index in [0.29, 0.717) is 5.41 Å². The first-order valence-corrected chi connectivity index (χ1v) is 7.42. The Balaban J connectivity index is 2.59. The van der Waals surface area contributed by atoms with Crippen LogP contribution in [0.1, 0.15) is 45.6 Å². The summed E-state index contributed by atoms with van der Waals surface area (Å²) in [6.07, 6.45) is 3.59. The largest absolute Gasteiger partial charge is 0.0645 e. The maximum Gasteiger partial charge on any atom is -0.00487 e. The zero-order valence-corrected chi connectivity index (χ0v) is 12.3. The van der Waals surface area contributed by atoms with Crippen molar-refractivity contribution in [3.05, 3.63) is 60.2 Å². The average Bonchev–Trinajstić information content (AvgIpc) is 2.51. The van der Waals surface area contributed by atoms with E-state index in [9.17, 15) is 0 Å². The quantitative estimate of drug-likeness (QED) is 0.629. The molecule has 0 amide bonds. The minimum atomic E-state index is 0.312. The van der Waals surface area contributed by atoms with Crippen LogP contribution in [-0.2, 0) is 5.41 Å². The van der Waals surface area contributed by atoms with Crippen molar-refractivity contribution in [1.82, 2.24) is 0 Å². The van der Waals surface area contributed by atoms with Crippen molar-refractivity contribution in [3.8, 4) is 11.1 Å². The van der Waals surface area contributed by atoms with E-state index >= 15 is 0 Å². The van der Waals surface area contributed by atoms with Crippen LogP contribution in [0.3, 0.4) is 0 Å². The Morgan fingerprint density at radius 2 is 1.21 bits per heavy atom. The lowest BCUT2D eigenvalue weighted by Crippen LogP contribution is -2.24. The van der Waals surface area contributed by atoms with Gasteiger partial charge in [0.05, 0.1) is 0 Å². The molecule has 0 heteroatoms. The van der Waals surface area contributed by atoms with Gasteiger partial charge in [0.1, 0.15) is 0 Å². The molecule has 0 aliphatic heterocycles. The Bertz CT molecular complexity index is 498. The number of benzene rings is 2. The second kappa shape index (κ2) is 6.06. The molecule has 0 spiro atoms. The lowest BCUT2D eigenvalue weighted by atomic mass is 9.71. The number of hydrogen-bond donors (Lipinski definition) is 0. The Hall–Kier alpha value is -1.56. The molecule has 19 heavy (non-hydrogen) atoms. The molecule has 0 heterocycles. The molecule has 0 radical (unpaired) electrons. The van der Waals surface area contributed by atoms with Gasteiger partial charge in [0, 0.05) is 0 Å². The first-order chi connectivity index (χ1) is 9.27. The molecule has 0 atom stereocenters. The second-order valence-electron chi connectivity index (χ2n) is 5.25. The molecule has 0 aromatic heterocycles. The van der Waals surface area contributed by atoms with Crippen LogP contribution in [0.15, 0.2) is 54.6 Å². The summed E-state index contributed by atoms with van der Waals surface area (Å²) in [5.74, 6) is 0. The van der Waals surface area contributed by atoms with Crippen LogP contribution in [0.2, 0.25) is 0 Å². The van der Waals surface area contributed by atoms with E-state index in [-0.39, 0.29) is 0 Å². The summed E-state index contributed by atoms with van der Waals surface area (Å²) in [7, 11) is 0. The zero-order valence-electron chi connectivity index (χ0n) is 12.3. The summed E-state index contributed by atoms with van der Waals surface area (Å²) < 4.78 is 0. The van der Waals surface area contributed by atoms with Gasteiger partial charge in [0.15, 0.2) is 0 Å². The SMILES string of the molecule is CCC(CC)(CC)c1ccccc1-c1ccccc1. The van der Waals surface area contributed by atoms with Crippen molar-refractivity contribution in [2.45, 2.75) is 45.4 Å². The van der Waals surface area contributed by atoms with E-state index in [0.717, 1.165) is 0 Å². The zero-order chi connectivity index (χ0) is 13.7. The molecule has 0 aliphatic carbocycles. The Labute approximate surface area is 117 Å². The van der Waals surface area contributed by atoms with E-state index in [2.05, 4.69) is 75.4 Å². The lowest BCUT2D eigenvalue weighted by Gasteiger charge is -2.33. The summed E-state index contributed by atoms with van der Waals surface area (Å²) in [5, 5.41) is 0. The molecule has 0 fully saturated rings. The van der Waals surface area contributed by atoms with Gasteiger partial charge in [0.2, 0.25) is 0 Å². The van der Waals surface area contributed by atoms with Gasteiger partial charge in [-0.15, -0.1) is 0 Å². The monoisotopic (exact) mass is 252 g/mol. The fourth-order valence-corrected chi connectivity index (χ4v) is 3.14. The molecular weight excluding hydrogens is 228 g/mol. The van der Waals surface area contributed by atoms with Crippen LogP contribution < -0.4 is 0 Å². The van der Waals surface area contributed by atoms with Crippen LogP contribution >= 0.6 is 0 Å². The fourth-order valence-electron chi connectivity index (χ4n) is 3.14. The van der Waals surface area contributed by atoms with Crippen LogP contribution in [0.4, 0.5) is 0 Å². The molecule has 0 aliphatic rings. The van der Waals surface area contributed by atoms with E-state index in [1.165, 1.54) is 36.0 Å². The van der Waals surface area contributed by atoms with Crippen molar-refractivity contribution in [2.24, 2.45) is 0 Å². The van der Waals surface area contributed by atoms with Gasteiger partial charge in [-0.2, -0.15) is 0 Å². The van der Waals surface area contributed by atoms with Crippen LogP contribution in [-0.4, -0.2) is 0 Å². The summed E-state index contributed by atoms with van der Waals surface area (Å²) in [6.45, 7) is 6.94. The highest BCUT2D eigenvalue weighted by Crippen LogP contribution is 2.40. The van der Waals surface area contributed by atoms with Crippen molar-refractivity contribution in [3.63, 3.8) is 0 Å². The third-order valence-corrected chi connectivity index (χ3v) is 4.61. The van der Waals surface area contributed by atoms with Crippen LogP contribution in [0, 0.1) is 0 Å². The molecule has 2 aromatic rings. The molecule has 0 N–H and O–H groups in total. The molecule has 0 saturated heterocycles. The van der Waals surface area contributed by atoms with Crippen LogP contribution in [0.25, 0.3) is 11.1 Å². The van der Waals surface area contributed by atoms with E-state index in [1.54, 1.807) is 0 Å². The molecule has 0 unspecified atom stereocenters. The molecule has 0 saturated carbocycles. The molecular formula is C19H24. The smallest absolute Gasteiger partial charge is 0.00487 e. The molecule has 0 bridgehead atoms. The van der Waals surface area contributed by atoms with Gasteiger partial charge < -0.3 is 0 Å². The van der Waals surface area contributed by atoms with Gasteiger partial charge in [0.25, 0.3) is 0 Å². The average molecular weight is 252 g/mol. The van der Waals surface area contributed by atoms with Gasteiger partial charge in [-0.25, -0.2) is 0 Å². The van der Waals surface area contributed by atoms with Gasteiger partial charge in [-0.1, -0.05) is 75.4 Å². The third kappa shape index (κ3) is 2.58. The minimum Gasteiger partial charge on any atom is -0.0645 e. The molecule has 100 valence electrons.